The average Bonchev–Trinajstić information content (AvgIpc) is 2.99. The Labute approximate surface area is 118 Å². The monoisotopic (exact) mass is 279 g/mol. The second-order valence-corrected chi connectivity index (χ2v) is 4.80. The zero-order chi connectivity index (χ0) is 14.2. The lowest BCUT2D eigenvalue weighted by Gasteiger charge is -2.11. The number of rotatable bonds is 7. The molecule has 0 bridgehead atoms. The van der Waals surface area contributed by atoms with Gasteiger partial charge in [-0.05, 0) is 43.5 Å². The Kier molecular flexibility index (Phi) is 5.83. The first kappa shape index (κ1) is 14.8. The fourth-order valence-electron chi connectivity index (χ4n) is 2.05. The van der Waals surface area contributed by atoms with Gasteiger partial charge in [0.2, 0.25) is 0 Å². The first-order valence-corrected chi connectivity index (χ1v) is 7.03. The molecule has 1 saturated heterocycles. The molecule has 2 N–H and O–H groups in total. The molecule has 1 aromatic carbocycles. The second kappa shape index (κ2) is 7.87. The van der Waals surface area contributed by atoms with E-state index in [1.54, 1.807) is 24.3 Å². The minimum absolute atomic E-state index is 0.0797. The summed E-state index contributed by atoms with van der Waals surface area (Å²) in [5.74, 6) is 0.608. The van der Waals surface area contributed by atoms with E-state index in [0.29, 0.717) is 25.1 Å². The smallest absolute Gasteiger partial charge is 0.251 e. The van der Waals surface area contributed by atoms with E-state index in [4.69, 9.17) is 14.6 Å². The number of nitrogens with one attached hydrogen (secondary N) is 1. The Morgan fingerprint density at radius 3 is 2.85 bits per heavy atom. The van der Waals surface area contributed by atoms with Crippen LogP contribution in [0.15, 0.2) is 24.3 Å². The van der Waals surface area contributed by atoms with E-state index in [1.807, 2.05) is 0 Å². The van der Waals surface area contributed by atoms with E-state index in [2.05, 4.69) is 5.32 Å². The third-order valence-electron chi connectivity index (χ3n) is 3.20. The van der Waals surface area contributed by atoms with Crippen molar-refractivity contribution in [2.45, 2.75) is 25.4 Å². The Morgan fingerprint density at radius 2 is 2.20 bits per heavy atom. The van der Waals surface area contributed by atoms with Crippen molar-refractivity contribution in [2.75, 3.05) is 26.4 Å². The lowest BCUT2D eigenvalue weighted by Crippen LogP contribution is -2.24. The molecule has 1 amide bonds. The summed E-state index contributed by atoms with van der Waals surface area (Å²) in [7, 11) is 0. The summed E-state index contributed by atoms with van der Waals surface area (Å²) in [5.41, 5.74) is 0.590. The van der Waals surface area contributed by atoms with Gasteiger partial charge in [-0.1, -0.05) is 0 Å². The van der Waals surface area contributed by atoms with Crippen LogP contribution in [0.1, 0.15) is 29.6 Å². The lowest BCUT2D eigenvalue weighted by molar-refractivity contribution is 0.0679. The molecule has 5 heteroatoms. The normalized spacial score (nSPS) is 17.9. The zero-order valence-corrected chi connectivity index (χ0v) is 11.5. The Balaban J connectivity index is 1.78. The van der Waals surface area contributed by atoms with Crippen molar-refractivity contribution >= 4 is 5.91 Å². The van der Waals surface area contributed by atoms with E-state index < -0.39 is 0 Å². The molecular weight excluding hydrogens is 258 g/mol. The summed E-state index contributed by atoms with van der Waals surface area (Å²) in [4.78, 5) is 11.7. The van der Waals surface area contributed by atoms with Crippen LogP contribution < -0.4 is 10.1 Å². The number of hydrogen-bond donors (Lipinski definition) is 2. The standard InChI is InChI=1S/C15H21NO4/c17-9-2-8-16-15(18)12-4-6-13(7-5-12)20-11-14-3-1-10-19-14/h4-7,14,17H,1-3,8-11H2,(H,16,18). The molecule has 0 radical (unpaired) electrons. The number of carbonyl (C=O) groups is 1. The Bertz CT molecular complexity index is 412. The summed E-state index contributed by atoms with van der Waals surface area (Å²) in [5, 5.41) is 11.4. The highest BCUT2D eigenvalue weighted by Crippen LogP contribution is 2.16. The Hall–Kier alpha value is -1.59. The van der Waals surface area contributed by atoms with Gasteiger partial charge in [0, 0.05) is 25.3 Å². The first-order chi connectivity index (χ1) is 9.79. The molecule has 0 aromatic heterocycles. The molecule has 110 valence electrons. The number of ether oxygens (including phenoxy) is 2. The maximum Gasteiger partial charge on any atom is 0.251 e. The lowest BCUT2D eigenvalue weighted by atomic mass is 10.2. The summed E-state index contributed by atoms with van der Waals surface area (Å²) >= 11 is 0. The van der Waals surface area contributed by atoms with Gasteiger partial charge in [-0.15, -0.1) is 0 Å². The number of amides is 1. The van der Waals surface area contributed by atoms with Crippen LogP contribution in [0.4, 0.5) is 0 Å². The fraction of sp³-hybridized carbons (Fsp3) is 0.533. The molecule has 2 rings (SSSR count). The van der Waals surface area contributed by atoms with Crippen molar-refractivity contribution in [2.24, 2.45) is 0 Å². The van der Waals surface area contributed by atoms with Crippen LogP contribution in [0.25, 0.3) is 0 Å². The van der Waals surface area contributed by atoms with Crippen LogP contribution >= 0.6 is 0 Å². The van der Waals surface area contributed by atoms with Crippen LogP contribution in [0.5, 0.6) is 5.75 Å². The highest BCUT2D eigenvalue weighted by atomic mass is 16.5. The molecule has 1 unspecified atom stereocenters. The van der Waals surface area contributed by atoms with Gasteiger partial charge in [0.05, 0.1) is 6.10 Å². The molecular formula is C15H21NO4. The molecule has 0 spiro atoms. The van der Waals surface area contributed by atoms with Gasteiger partial charge in [0.15, 0.2) is 0 Å². The number of aliphatic hydroxyl groups is 1. The van der Waals surface area contributed by atoms with Crippen LogP contribution in [0.2, 0.25) is 0 Å². The van der Waals surface area contributed by atoms with Crippen molar-refractivity contribution in [1.29, 1.82) is 0 Å². The van der Waals surface area contributed by atoms with Crippen molar-refractivity contribution in [1.82, 2.24) is 5.32 Å². The van der Waals surface area contributed by atoms with Crippen LogP contribution in [0.3, 0.4) is 0 Å². The van der Waals surface area contributed by atoms with Gasteiger partial charge in [-0.3, -0.25) is 4.79 Å². The van der Waals surface area contributed by atoms with Gasteiger partial charge in [0.1, 0.15) is 12.4 Å². The zero-order valence-electron chi connectivity index (χ0n) is 11.5. The minimum Gasteiger partial charge on any atom is -0.491 e. The summed E-state index contributed by atoms with van der Waals surface area (Å²) < 4.78 is 11.1. The summed E-state index contributed by atoms with van der Waals surface area (Å²) in [6.45, 7) is 1.94. The van der Waals surface area contributed by atoms with Crippen molar-refractivity contribution in [3.05, 3.63) is 29.8 Å². The molecule has 0 saturated carbocycles. The van der Waals surface area contributed by atoms with Crippen molar-refractivity contribution in [3.8, 4) is 5.75 Å². The van der Waals surface area contributed by atoms with Crippen LogP contribution in [0, 0.1) is 0 Å². The topological polar surface area (TPSA) is 67.8 Å². The molecule has 1 aliphatic rings. The minimum atomic E-state index is -0.135. The van der Waals surface area contributed by atoms with E-state index >= 15 is 0 Å². The molecule has 1 fully saturated rings. The summed E-state index contributed by atoms with van der Waals surface area (Å²) in [6.07, 6.45) is 2.90. The fourth-order valence-corrected chi connectivity index (χ4v) is 2.05. The van der Waals surface area contributed by atoms with E-state index in [0.717, 1.165) is 25.2 Å². The highest BCUT2D eigenvalue weighted by molar-refractivity contribution is 5.94. The number of carbonyl (C=O) groups excluding carboxylic acids is 1. The number of hydrogen-bond acceptors (Lipinski definition) is 4. The third kappa shape index (κ3) is 4.51. The first-order valence-electron chi connectivity index (χ1n) is 7.03. The van der Waals surface area contributed by atoms with Crippen molar-refractivity contribution in [3.63, 3.8) is 0 Å². The largest absolute Gasteiger partial charge is 0.491 e. The Morgan fingerprint density at radius 1 is 1.40 bits per heavy atom. The molecule has 1 atom stereocenters. The van der Waals surface area contributed by atoms with Gasteiger partial charge in [0.25, 0.3) is 5.91 Å². The predicted octanol–water partition coefficient (Wildman–Crippen LogP) is 1.36. The molecule has 1 heterocycles. The van der Waals surface area contributed by atoms with E-state index in [9.17, 15) is 4.79 Å². The SMILES string of the molecule is O=C(NCCCO)c1ccc(OCC2CCCO2)cc1. The van der Waals surface area contributed by atoms with Gasteiger partial charge in [-0.2, -0.15) is 0 Å². The highest BCUT2D eigenvalue weighted by Gasteiger charge is 2.16. The molecule has 1 aromatic rings. The van der Waals surface area contributed by atoms with Gasteiger partial charge < -0.3 is 19.9 Å². The second-order valence-electron chi connectivity index (χ2n) is 4.80. The van der Waals surface area contributed by atoms with Gasteiger partial charge >= 0.3 is 0 Å². The van der Waals surface area contributed by atoms with E-state index in [1.165, 1.54) is 0 Å². The third-order valence-corrected chi connectivity index (χ3v) is 3.20. The molecule has 1 aliphatic heterocycles. The number of benzene rings is 1. The number of aliphatic hydroxyl groups excluding tert-OH is 1. The predicted molar refractivity (Wildman–Crippen MR) is 74.9 cm³/mol. The summed E-state index contributed by atoms with van der Waals surface area (Å²) in [6, 6.07) is 7.05. The van der Waals surface area contributed by atoms with Crippen LogP contribution in [-0.4, -0.2) is 43.5 Å². The maximum atomic E-state index is 11.7. The molecule has 20 heavy (non-hydrogen) atoms. The van der Waals surface area contributed by atoms with E-state index in [-0.39, 0.29) is 18.6 Å². The average molecular weight is 279 g/mol. The molecule has 0 aliphatic carbocycles. The molecule has 5 nitrogen and oxygen atoms in total. The maximum absolute atomic E-state index is 11.7. The quantitative estimate of drug-likeness (QED) is 0.739. The van der Waals surface area contributed by atoms with Crippen molar-refractivity contribution < 1.29 is 19.4 Å². The van der Waals surface area contributed by atoms with Gasteiger partial charge in [-0.25, -0.2) is 0 Å². The van der Waals surface area contributed by atoms with Crippen LogP contribution in [-0.2, 0) is 4.74 Å².